The molecule has 0 spiro atoms. The number of hydrogen-bond donors (Lipinski definition) is 2. The molecule has 0 saturated heterocycles. The molecule has 1 aromatic rings. The fourth-order valence-electron chi connectivity index (χ4n) is 1.28. The molecule has 1 aromatic carbocycles. The van der Waals surface area contributed by atoms with Gasteiger partial charge in [-0.2, -0.15) is 8.78 Å². The van der Waals surface area contributed by atoms with Crippen LogP contribution in [0.5, 0.6) is 5.75 Å². The number of benzene rings is 1. The van der Waals surface area contributed by atoms with Crippen molar-refractivity contribution < 1.29 is 23.5 Å². The van der Waals surface area contributed by atoms with Crippen LogP contribution in [0.1, 0.15) is 6.92 Å². The number of ether oxygens (including phenoxy) is 1. The Labute approximate surface area is 101 Å². The van der Waals surface area contributed by atoms with E-state index in [1.807, 2.05) is 0 Å². The summed E-state index contributed by atoms with van der Waals surface area (Å²) >= 11 is 0. The SMILES string of the molecule is CC(CO)Nc1ccc([N+](=O)[O-])c(OC(F)F)c1. The first kappa shape index (κ1) is 14.1. The van der Waals surface area contributed by atoms with E-state index in [-0.39, 0.29) is 12.6 Å². The van der Waals surface area contributed by atoms with Crippen LogP contribution in [0.2, 0.25) is 0 Å². The molecule has 0 fully saturated rings. The van der Waals surface area contributed by atoms with E-state index >= 15 is 0 Å². The molecule has 1 unspecified atom stereocenters. The predicted molar refractivity (Wildman–Crippen MR) is 59.9 cm³/mol. The molecule has 0 amide bonds. The Kier molecular flexibility index (Phi) is 4.78. The van der Waals surface area contributed by atoms with E-state index in [4.69, 9.17) is 5.11 Å². The number of aliphatic hydroxyl groups is 1. The second-order valence-electron chi connectivity index (χ2n) is 3.55. The fourth-order valence-corrected chi connectivity index (χ4v) is 1.28. The van der Waals surface area contributed by atoms with Gasteiger partial charge in [0.2, 0.25) is 5.75 Å². The summed E-state index contributed by atoms with van der Waals surface area (Å²) in [4.78, 5) is 9.80. The largest absolute Gasteiger partial charge is 0.427 e. The lowest BCUT2D eigenvalue weighted by Gasteiger charge is -2.13. The molecule has 1 rings (SSSR count). The summed E-state index contributed by atoms with van der Waals surface area (Å²) in [6.45, 7) is -1.65. The Morgan fingerprint density at radius 3 is 2.72 bits per heavy atom. The van der Waals surface area contributed by atoms with Gasteiger partial charge in [-0.1, -0.05) is 0 Å². The Balaban J connectivity index is 3.01. The number of rotatable bonds is 6. The van der Waals surface area contributed by atoms with Gasteiger partial charge in [0.25, 0.3) is 0 Å². The molecule has 0 radical (unpaired) electrons. The number of hydrogen-bond acceptors (Lipinski definition) is 5. The number of nitrogens with one attached hydrogen (secondary N) is 1. The number of nitro benzene ring substituents is 1. The van der Waals surface area contributed by atoms with Gasteiger partial charge in [-0.25, -0.2) is 0 Å². The van der Waals surface area contributed by atoms with Gasteiger partial charge in [-0.15, -0.1) is 0 Å². The Hall–Kier alpha value is -1.96. The molecule has 0 aliphatic carbocycles. The first-order chi connectivity index (χ1) is 8.43. The maximum atomic E-state index is 12.1. The quantitative estimate of drug-likeness (QED) is 0.605. The molecule has 8 heteroatoms. The zero-order valence-electron chi connectivity index (χ0n) is 9.47. The Bertz CT molecular complexity index is 428. The zero-order valence-corrected chi connectivity index (χ0v) is 9.47. The molecule has 0 bridgehead atoms. The molecular weight excluding hydrogens is 250 g/mol. The highest BCUT2D eigenvalue weighted by molar-refractivity contribution is 5.58. The molecule has 0 aliphatic rings. The van der Waals surface area contributed by atoms with Crippen molar-refractivity contribution in [3.05, 3.63) is 28.3 Å². The van der Waals surface area contributed by atoms with Crippen molar-refractivity contribution >= 4 is 11.4 Å². The van der Waals surface area contributed by atoms with Crippen molar-refractivity contribution in [2.45, 2.75) is 19.6 Å². The van der Waals surface area contributed by atoms with Crippen LogP contribution in [0.3, 0.4) is 0 Å². The maximum Gasteiger partial charge on any atom is 0.387 e. The van der Waals surface area contributed by atoms with Gasteiger partial charge in [-0.05, 0) is 13.0 Å². The van der Waals surface area contributed by atoms with Crippen LogP contribution in [-0.2, 0) is 0 Å². The van der Waals surface area contributed by atoms with Crippen LogP contribution in [0.4, 0.5) is 20.2 Å². The minimum absolute atomic E-state index is 0.165. The molecular formula is C10H12F2N2O4. The first-order valence-electron chi connectivity index (χ1n) is 5.04. The number of anilines is 1. The normalized spacial score (nSPS) is 12.3. The average Bonchev–Trinajstić information content (AvgIpc) is 2.27. The Morgan fingerprint density at radius 1 is 1.56 bits per heavy atom. The third-order valence-corrected chi connectivity index (χ3v) is 2.06. The number of aliphatic hydroxyl groups excluding tert-OH is 1. The monoisotopic (exact) mass is 262 g/mol. The molecule has 0 aliphatic heterocycles. The lowest BCUT2D eigenvalue weighted by molar-refractivity contribution is -0.386. The molecule has 100 valence electrons. The number of nitro groups is 1. The second kappa shape index (κ2) is 6.10. The van der Waals surface area contributed by atoms with Gasteiger partial charge in [0.1, 0.15) is 0 Å². The summed E-state index contributed by atoms with van der Waals surface area (Å²) in [5.41, 5.74) is -0.199. The molecule has 0 aromatic heterocycles. The van der Waals surface area contributed by atoms with Gasteiger partial charge >= 0.3 is 12.3 Å². The topological polar surface area (TPSA) is 84.6 Å². The number of nitrogens with zero attached hydrogens (tertiary/aromatic N) is 1. The lowest BCUT2D eigenvalue weighted by Crippen LogP contribution is -2.19. The van der Waals surface area contributed by atoms with Gasteiger partial charge in [-0.3, -0.25) is 10.1 Å². The van der Waals surface area contributed by atoms with E-state index in [2.05, 4.69) is 10.1 Å². The Morgan fingerprint density at radius 2 is 2.22 bits per heavy atom. The van der Waals surface area contributed by atoms with Crippen molar-refractivity contribution in [2.75, 3.05) is 11.9 Å². The van der Waals surface area contributed by atoms with E-state index in [0.29, 0.717) is 5.69 Å². The zero-order chi connectivity index (χ0) is 13.7. The molecule has 0 heterocycles. The van der Waals surface area contributed by atoms with Crippen molar-refractivity contribution in [3.8, 4) is 5.75 Å². The minimum Gasteiger partial charge on any atom is -0.427 e. The lowest BCUT2D eigenvalue weighted by atomic mass is 10.2. The summed E-state index contributed by atoms with van der Waals surface area (Å²) in [5.74, 6) is -0.523. The standard InChI is InChI=1S/C10H12F2N2O4/c1-6(5-15)13-7-2-3-8(14(16)17)9(4-7)18-10(11)12/h2-4,6,10,13,15H,5H2,1H3. The third kappa shape index (κ3) is 3.81. The van der Waals surface area contributed by atoms with Crippen LogP contribution < -0.4 is 10.1 Å². The summed E-state index contributed by atoms with van der Waals surface area (Å²) in [7, 11) is 0. The summed E-state index contributed by atoms with van der Waals surface area (Å²) in [6, 6.07) is 3.19. The van der Waals surface area contributed by atoms with Gasteiger partial charge in [0.05, 0.1) is 11.5 Å². The summed E-state index contributed by atoms with van der Waals surface area (Å²) in [6.07, 6.45) is 0. The minimum atomic E-state index is -3.14. The van der Waals surface area contributed by atoms with Crippen molar-refractivity contribution in [2.24, 2.45) is 0 Å². The molecule has 6 nitrogen and oxygen atoms in total. The number of halogens is 2. The van der Waals surface area contributed by atoms with Crippen LogP contribution in [0.15, 0.2) is 18.2 Å². The highest BCUT2D eigenvalue weighted by Gasteiger charge is 2.19. The first-order valence-corrected chi connectivity index (χ1v) is 5.04. The van der Waals surface area contributed by atoms with Crippen molar-refractivity contribution in [1.29, 1.82) is 0 Å². The third-order valence-electron chi connectivity index (χ3n) is 2.06. The fraction of sp³-hybridized carbons (Fsp3) is 0.400. The number of alkyl halides is 2. The van der Waals surface area contributed by atoms with Gasteiger partial charge in [0, 0.05) is 23.9 Å². The highest BCUT2D eigenvalue weighted by Crippen LogP contribution is 2.31. The van der Waals surface area contributed by atoms with Crippen LogP contribution in [0.25, 0.3) is 0 Å². The van der Waals surface area contributed by atoms with Crippen LogP contribution in [-0.4, -0.2) is 29.3 Å². The highest BCUT2D eigenvalue weighted by atomic mass is 19.3. The second-order valence-corrected chi connectivity index (χ2v) is 3.55. The average molecular weight is 262 g/mol. The van der Waals surface area contributed by atoms with E-state index in [9.17, 15) is 18.9 Å². The maximum absolute atomic E-state index is 12.1. The molecule has 0 saturated carbocycles. The van der Waals surface area contributed by atoms with Gasteiger partial charge in [0.15, 0.2) is 0 Å². The van der Waals surface area contributed by atoms with Crippen LogP contribution >= 0.6 is 0 Å². The van der Waals surface area contributed by atoms with Crippen LogP contribution in [0, 0.1) is 10.1 Å². The van der Waals surface area contributed by atoms with E-state index in [1.54, 1.807) is 6.92 Å². The van der Waals surface area contributed by atoms with E-state index < -0.39 is 23.0 Å². The van der Waals surface area contributed by atoms with E-state index in [1.165, 1.54) is 6.07 Å². The predicted octanol–water partition coefficient (Wildman–Crippen LogP) is 1.99. The van der Waals surface area contributed by atoms with Gasteiger partial charge < -0.3 is 15.2 Å². The van der Waals surface area contributed by atoms with Crippen molar-refractivity contribution in [1.82, 2.24) is 0 Å². The molecule has 2 N–H and O–H groups in total. The summed E-state index contributed by atoms with van der Waals surface area (Å²) in [5, 5.41) is 22.2. The van der Waals surface area contributed by atoms with Crippen molar-refractivity contribution in [3.63, 3.8) is 0 Å². The smallest absolute Gasteiger partial charge is 0.387 e. The van der Waals surface area contributed by atoms with E-state index in [0.717, 1.165) is 12.1 Å². The summed E-state index contributed by atoms with van der Waals surface area (Å²) < 4.78 is 28.3. The molecule has 1 atom stereocenters. The molecule has 18 heavy (non-hydrogen) atoms.